The monoisotopic (exact) mass is 149 g/mol. The fourth-order valence-corrected chi connectivity index (χ4v) is 0. The first-order chi connectivity index (χ1) is 1.73. The van der Waals surface area contributed by atoms with Crippen LogP contribution in [0, 0.1) is 0 Å². The van der Waals surface area contributed by atoms with Crippen LogP contribution in [-0.2, 0) is 10.5 Å². The molecule has 0 aliphatic carbocycles. The summed E-state index contributed by atoms with van der Waals surface area (Å²) in [5.74, 6) is 0. The maximum atomic E-state index is 3.78. The van der Waals surface area contributed by atoms with Crippen LogP contribution in [0.2, 0.25) is 0 Å². The van der Waals surface area contributed by atoms with Gasteiger partial charge in [-0.05, 0) is 0 Å². The van der Waals surface area contributed by atoms with Crippen LogP contribution in [0.4, 0.5) is 0 Å². The minimum absolute atomic E-state index is 0.667. The van der Waals surface area contributed by atoms with Crippen LogP contribution in [0.5, 0.6) is 0 Å². The molecule has 0 heterocycles. The van der Waals surface area contributed by atoms with Gasteiger partial charge in [0.05, 0.1) is 0 Å². The molecule has 0 aromatic rings. The zero-order valence-corrected chi connectivity index (χ0v) is 5.48. The summed E-state index contributed by atoms with van der Waals surface area (Å²) >= 11 is 0. The Bertz CT molecular complexity index is 219. The van der Waals surface area contributed by atoms with Gasteiger partial charge >= 0.3 is 32.3 Å². The van der Waals surface area contributed by atoms with Gasteiger partial charge in [0.1, 0.15) is 0 Å². The Kier molecular flexibility index (Phi) is 4.38. The maximum absolute atomic E-state index is 3.78. The third-order valence-corrected chi connectivity index (χ3v) is 0. The van der Waals surface area contributed by atoms with Crippen LogP contribution >= 0.6 is 21.8 Å². The van der Waals surface area contributed by atoms with Gasteiger partial charge in [0.25, 0.3) is 0 Å². The average molecular weight is 149 g/mol. The molecule has 0 aromatic heterocycles. The molecule has 0 saturated heterocycles. The SMILES string of the molecule is [P]#[Fe](#[P])#[P]. The molecule has 0 fully saturated rings. The molecule has 4 heavy (non-hydrogen) atoms. The molecule has 4 heteroatoms. The van der Waals surface area contributed by atoms with Gasteiger partial charge in [-0.25, -0.2) is 0 Å². The van der Waals surface area contributed by atoms with Crippen molar-refractivity contribution >= 4 is 21.8 Å². The molecule has 23 valence electrons. The zero-order valence-electron chi connectivity index (χ0n) is 1.70. The van der Waals surface area contributed by atoms with Crippen molar-refractivity contribution in [2.45, 2.75) is 0 Å². The van der Waals surface area contributed by atoms with E-state index in [1.165, 1.54) is 0 Å². The molecule has 0 saturated carbocycles. The second kappa shape index (κ2) is 3.02. The number of hydrogen-bond acceptors (Lipinski definition) is 0. The van der Waals surface area contributed by atoms with Crippen LogP contribution in [0.25, 0.3) is 0 Å². The molecule has 0 aliphatic rings. The second-order valence-electron chi connectivity index (χ2n) is 0.212. The van der Waals surface area contributed by atoms with Gasteiger partial charge in [-0.3, -0.25) is 0 Å². The summed E-state index contributed by atoms with van der Waals surface area (Å²) in [7, 11) is 10.7. The van der Waals surface area contributed by atoms with E-state index in [0.29, 0.717) is 0 Å². The van der Waals surface area contributed by atoms with E-state index in [-0.39, 0.29) is 0 Å². The van der Waals surface area contributed by atoms with Crippen molar-refractivity contribution in [3.05, 3.63) is 0 Å². The number of hydrogen-bond donors (Lipinski definition) is 0. The van der Waals surface area contributed by atoms with Gasteiger partial charge in [-0.1, -0.05) is 0 Å². The van der Waals surface area contributed by atoms with Gasteiger partial charge in [0.15, 0.2) is 0 Å². The Balaban J connectivity index is 6.97. The zero-order chi connectivity index (χ0) is 3.58. The van der Waals surface area contributed by atoms with E-state index in [1.54, 1.807) is 0 Å². The van der Waals surface area contributed by atoms with Crippen molar-refractivity contribution in [2.75, 3.05) is 0 Å². The summed E-state index contributed by atoms with van der Waals surface area (Å²) in [6, 6.07) is 0. The van der Waals surface area contributed by atoms with E-state index in [0.717, 1.165) is 0 Å². The quantitative estimate of drug-likeness (QED) is 0.366. The Morgan fingerprint density at radius 2 is 1.00 bits per heavy atom. The molecule has 0 unspecified atom stereocenters. The van der Waals surface area contributed by atoms with E-state index in [4.69, 9.17) is 0 Å². The van der Waals surface area contributed by atoms with Crippen LogP contribution in [0.3, 0.4) is 0 Å². The first-order valence-electron chi connectivity index (χ1n) is 0.474. The minimum atomic E-state index is -0.667. The standard InChI is InChI=1S/Fe.3P. The van der Waals surface area contributed by atoms with E-state index in [1.807, 2.05) is 0 Å². The summed E-state index contributed by atoms with van der Waals surface area (Å²) < 4.78 is 0. The van der Waals surface area contributed by atoms with Crippen LogP contribution in [0.1, 0.15) is 0 Å². The van der Waals surface area contributed by atoms with E-state index in [2.05, 4.69) is 21.8 Å². The predicted octanol–water partition coefficient (Wildman–Crippen LogP) is 2.58. The van der Waals surface area contributed by atoms with Gasteiger partial charge in [-0.2, -0.15) is 0 Å². The molecule has 0 radical (unpaired) electrons. The fourth-order valence-electron chi connectivity index (χ4n) is 0. The van der Waals surface area contributed by atoms with Gasteiger partial charge in [-0.15, -0.1) is 0 Å². The van der Waals surface area contributed by atoms with E-state index >= 15 is 0 Å². The normalized spacial score (nSPS) is 5.25. The molecular formula is FeP3. The topological polar surface area (TPSA) is 0 Å². The molecule has 0 atom stereocenters. The summed E-state index contributed by atoms with van der Waals surface area (Å²) in [5.41, 5.74) is 0. The van der Waals surface area contributed by atoms with E-state index < -0.39 is 10.5 Å². The summed E-state index contributed by atoms with van der Waals surface area (Å²) in [4.78, 5) is 0. The summed E-state index contributed by atoms with van der Waals surface area (Å²) in [5, 5.41) is 0. The molecule has 0 nitrogen and oxygen atoms in total. The van der Waals surface area contributed by atoms with Gasteiger partial charge < -0.3 is 0 Å². The first kappa shape index (κ1) is 5.81. The molecule has 0 rings (SSSR count). The Labute approximate surface area is 32.8 Å². The van der Waals surface area contributed by atoms with Crippen molar-refractivity contribution in [2.24, 2.45) is 0 Å². The first-order valence-corrected chi connectivity index (χ1v) is 5.87. The molecule has 0 spiro atoms. The molecule has 0 bridgehead atoms. The van der Waals surface area contributed by atoms with Crippen LogP contribution in [-0.4, -0.2) is 0 Å². The molecule has 0 aromatic carbocycles. The van der Waals surface area contributed by atoms with Crippen LogP contribution in [0.15, 0.2) is 0 Å². The molecule has 0 N–H and O–H groups in total. The predicted molar refractivity (Wildman–Crippen MR) is 20.8 cm³/mol. The molecular weight excluding hydrogens is 149 g/mol. The third-order valence-electron chi connectivity index (χ3n) is 0. The Hall–Kier alpha value is 1.81. The summed E-state index contributed by atoms with van der Waals surface area (Å²) in [6.45, 7) is 0. The van der Waals surface area contributed by atoms with Gasteiger partial charge in [0, 0.05) is 0 Å². The number of rotatable bonds is 0. The third kappa shape index (κ3) is 9.18. The molecule has 0 aliphatic heterocycles. The van der Waals surface area contributed by atoms with Gasteiger partial charge in [0.2, 0.25) is 0 Å². The van der Waals surface area contributed by atoms with Crippen LogP contribution < -0.4 is 0 Å². The Morgan fingerprint density at radius 3 is 1.00 bits per heavy atom. The second-order valence-corrected chi connectivity index (χ2v) is 7.87. The van der Waals surface area contributed by atoms with Crippen molar-refractivity contribution in [1.82, 2.24) is 0 Å². The van der Waals surface area contributed by atoms with Crippen molar-refractivity contribution in [1.29, 1.82) is 0 Å². The Morgan fingerprint density at radius 1 is 1.00 bits per heavy atom. The van der Waals surface area contributed by atoms with E-state index in [9.17, 15) is 0 Å². The average Bonchev–Trinajstić information content (AvgIpc) is 0.811. The summed E-state index contributed by atoms with van der Waals surface area (Å²) in [6.07, 6.45) is 0. The fraction of sp³-hybridized carbons (Fsp3) is 0. The van der Waals surface area contributed by atoms with Crippen molar-refractivity contribution in [3.63, 3.8) is 0 Å². The van der Waals surface area contributed by atoms with Crippen molar-refractivity contribution in [3.8, 4) is 0 Å². The van der Waals surface area contributed by atoms with Crippen molar-refractivity contribution < 1.29 is 10.5 Å². The molecule has 0 amide bonds.